The summed E-state index contributed by atoms with van der Waals surface area (Å²) in [5, 5.41) is 10.2. The molecule has 0 atom stereocenters. The van der Waals surface area contributed by atoms with Crippen LogP contribution < -0.4 is 5.73 Å². The molecule has 0 unspecified atom stereocenters. The van der Waals surface area contributed by atoms with Gasteiger partial charge in [0.25, 0.3) is 0 Å². The van der Waals surface area contributed by atoms with Gasteiger partial charge < -0.3 is 10.8 Å². The Labute approximate surface area is 152 Å². The molecule has 3 rings (SSSR count). The highest BCUT2D eigenvalue weighted by Crippen LogP contribution is 2.36. The molecular weight excluding hydrogens is 341 g/mol. The minimum atomic E-state index is -4.49. The van der Waals surface area contributed by atoms with Crippen LogP contribution in [0.25, 0.3) is 0 Å². The van der Waals surface area contributed by atoms with Crippen LogP contribution in [-0.2, 0) is 6.18 Å². The molecule has 3 N–H and O–H groups in total. The summed E-state index contributed by atoms with van der Waals surface area (Å²) in [4.78, 5) is 4.48. The summed E-state index contributed by atoms with van der Waals surface area (Å²) >= 11 is 0. The number of aromatic hydroxyl groups is 1. The van der Waals surface area contributed by atoms with Crippen molar-refractivity contribution >= 4 is 5.71 Å². The van der Waals surface area contributed by atoms with E-state index >= 15 is 0 Å². The second-order valence-electron chi connectivity index (χ2n) is 6.10. The lowest BCUT2D eigenvalue weighted by molar-refractivity contribution is -0.137. The van der Waals surface area contributed by atoms with Gasteiger partial charge in [-0.1, -0.05) is 20.3 Å². The highest BCUT2D eigenvalue weighted by molar-refractivity contribution is 6.15. The van der Waals surface area contributed by atoms with E-state index in [4.69, 9.17) is 5.73 Å². The van der Waals surface area contributed by atoms with Gasteiger partial charge in [-0.3, -0.25) is 4.99 Å². The number of benzene rings is 1. The Bertz CT molecular complexity index is 746. The summed E-state index contributed by atoms with van der Waals surface area (Å²) in [5.41, 5.74) is 8.83. The van der Waals surface area contributed by atoms with Crippen molar-refractivity contribution < 1.29 is 18.3 Å². The molecule has 1 aliphatic carbocycles. The number of allylic oxidation sites excluding steroid dienone is 2. The van der Waals surface area contributed by atoms with Crippen molar-refractivity contribution in [3.8, 4) is 5.75 Å². The van der Waals surface area contributed by atoms with Gasteiger partial charge in [0.1, 0.15) is 5.75 Å². The lowest BCUT2D eigenvalue weighted by atomic mass is 9.92. The number of phenolic OH excluding ortho intramolecular Hbond substituents is 1. The Morgan fingerprint density at radius 2 is 1.69 bits per heavy atom. The molecule has 26 heavy (non-hydrogen) atoms. The number of rotatable bonds is 1. The molecule has 2 aliphatic rings. The van der Waals surface area contributed by atoms with Gasteiger partial charge in [0.15, 0.2) is 0 Å². The maximum atomic E-state index is 12.8. The van der Waals surface area contributed by atoms with E-state index in [0.717, 1.165) is 55.4 Å². The van der Waals surface area contributed by atoms with Gasteiger partial charge in [-0.05, 0) is 61.1 Å². The third kappa shape index (κ3) is 4.29. The fourth-order valence-corrected chi connectivity index (χ4v) is 3.27. The van der Waals surface area contributed by atoms with Gasteiger partial charge in [0.2, 0.25) is 0 Å². The number of aliphatic imine (C=N–C) groups is 1. The summed E-state index contributed by atoms with van der Waals surface area (Å²) in [5.74, 6) is -0.403. The standard InChI is InChI=1S/C18H19F3N2O.C2H6/c19-18(20,21)11-6-7-14(16(24)10-11)17-13-5-3-1-2-4-12(13)15(22)8-9-23-17;1-2/h6-8,10,24H,1-5,9,22H2;1-2H3. The lowest BCUT2D eigenvalue weighted by Crippen LogP contribution is -2.12. The van der Waals surface area contributed by atoms with Crippen LogP contribution in [-0.4, -0.2) is 17.4 Å². The monoisotopic (exact) mass is 366 g/mol. The van der Waals surface area contributed by atoms with E-state index in [1.165, 1.54) is 6.07 Å². The number of alkyl halides is 3. The van der Waals surface area contributed by atoms with Gasteiger partial charge in [-0.15, -0.1) is 0 Å². The van der Waals surface area contributed by atoms with E-state index in [2.05, 4.69) is 4.99 Å². The van der Waals surface area contributed by atoms with Crippen LogP contribution in [0.3, 0.4) is 0 Å². The molecule has 142 valence electrons. The minimum Gasteiger partial charge on any atom is -0.507 e. The van der Waals surface area contributed by atoms with Crippen molar-refractivity contribution in [2.24, 2.45) is 10.7 Å². The van der Waals surface area contributed by atoms with E-state index in [9.17, 15) is 18.3 Å². The zero-order valence-electron chi connectivity index (χ0n) is 15.2. The summed E-state index contributed by atoms with van der Waals surface area (Å²) < 4.78 is 38.4. The van der Waals surface area contributed by atoms with Gasteiger partial charge in [0, 0.05) is 11.3 Å². The van der Waals surface area contributed by atoms with Crippen LogP contribution in [0.15, 0.2) is 46.1 Å². The fourth-order valence-electron chi connectivity index (χ4n) is 3.27. The van der Waals surface area contributed by atoms with Gasteiger partial charge >= 0.3 is 6.18 Å². The first-order valence-electron chi connectivity index (χ1n) is 9.01. The zero-order valence-corrected chi connectivity index (χ0v) is 15.2. The third-order valence-electron chi connectivity index (χ3n) is 4.49. The Kier molecular flexibility index (Phi) is 6.51. The number of hydrogen-bond acceptors (Lipinski definition) is 3. The normalized spacial score (nSPS) is 17.9. The molecule has 0 fully saturated rings. The first-order chi connectivity index (χ1) is 12.4. The third-order valence-corrected chi connectivity index (χ3v) is 4.49. The molecule has 0 saturated carbocycles. The molecule has 0 amide bonds. The smallest absolute Gasteiger partial charge is 0.416 e. The molecule has 0 radical (unpaired) electrons. The zero-order chi connectivity index (χ0) is 19.3. The molecule has 6 heteroatoms. The molecule has 0 saturated heterocycles. The lowest BCUT2D eigenvalue weighted by Gasteiger charge is -2.16. The Morgan fingerprint density at radius 3 is 2.31 bits per heavy atom. The van der Waals surface area contributed by atoms with Crippen LogP contribution in [0.2, 0.25) is 0 Å². The van der Waals surface area contributed by atoms with Gasteiger partial charge in [-0.2, -0.15) is 13.2 Å². The van der Waals surface area contributed by atoms with Crippen LogP contribution in [0.5, 0.6) is 5.75 Å². The average Bonchev–Trinajstić information content (AvgIpc) is 2.93. The van der Waals surface area contributed by atoms with E-state index in [1.807, 2.05) is 19.9 Å². The maximum absolute atomic E-state index is 12.8. The van der Waals surface area contributed by atoms with Crippen molar-refractivity contribution in [1.29, 1.82) is 0 Å². The van der Waals surface area contributed by atoms with Crippen molar-refractivity contribution in [1.82, 2.24) is 0 Å². The van der Waals surface area contributed by atoms with Crippen molar-refractivity contribution in [2.75, 3.05) is 6.54 Å². The Morgan fingerprint density at radius 1 is 1.04 bits per heavy atom. The van der Waals surface area contributed by atoms with Crippen LogP contribution in [0, 0.1) is 0 Å². The highest BCUT2D eigenvalue weighted by atomic mass is 19.4. The van der Waals surface area contributed by atoms with Crippen molar-refractivity contribution in [3.63, 3.8) is 0 Å². The quantitative estimate of drug-likeness (QED) is 0.704. The molecule has 1 aromatic carbocycles. The SMILES string of the molecule is CC.NC1=CCN=C(c2ccc(C(F)(F)F)cc2O)C2=C1CCCCC2. The number of nitrogens with zero attached hydrogens (tertiary/aromatic N) is 1. The summed E-state index contributed by atoms with van der Waals surface area (Å²) in [6.07, 6.45) is 2.02. The predicted octanol–water partition coefficient (Wildman–Crippen LogP) is 5.34. The highest BCUT2D eigenvalue weighted by Gasteiger charge is 2.32. The fraction of sp³-hybridized carbons (Fsp3) is 0.450. The average molecular weight is 366 g/mol. The summed E-state index contributed by atoms with van der Waals surface area (Å²) in [7, 11) is 0. The van der Waals surface area contributed by atoms with Crippen molar-refractivity contribution in [2.45, 2.75) is 52.1 Å². The first kappa shape index (κ1) is 20.1. The largest absolute Gasteiger partial charge is 0.507 e. The number of hydrogen-bond donors (Lipinski definition) is 2. The van der Waals surface area contributed by atoms with Crippen LogP contribution in [0.4, 0.5) is 13.2 Å². The summed E-state index contributed by atoms with van der Waals surface area (Å²) in [6, 6.07) is 3.04. The van der Waals surface area contributed by atoms with Crippen molar-refractivity contribution in [3.05, 3.63) is 52.2 Å². The topological polar surface area (TPSA) is 58.6 Å². The first-order valence-corrected chi connectivity index (χ1v) is 9.01. The van der Waals surface area contributed by atoms with Crippen LogP contribution >= 0.6 is 0 Å². The Hall–Kier alpha value is -2.24. The number of nitrogens with two attached hydrogens (primary N) is 1. The number of halogens is 3. The minimum absolute atomic E-state index is 0.334. The van der Waals surface area contributed by atoms with Gasteiger partial charge in [0.05, 0.1) is 17.8 Å². The van der Waals surface area contributed by atoms with Crippen LogP contribution in [0.1, 0.15) is 57.1 Å². The number of phenols is 1. The molecular formula is C20H25F3N2O. The van der Waals surface area contributed by atoms with E-state index in [-0.39, 0.29) is 0 Å². The molecule has 1 heterocycles. The molecule has 1 aromatic rings. The molecule has 1 aliphatic heterocycles. The molecule has 0 spiro atoms. The van der Waals surface area contributed by atoms with E-state index < -0.39 is 17.5 Å². The molecule has 3 nitrogen and oxygen atoms in total. The second-order valence-corrected chi connectivity index (χ2v) is 6.10. The van der Waals surface area contributed by atoms with E-state index in [0.29, 0.717) is 23.5 Å². The molecule has 0 bridgehead atoms. The summed E-state index contributed by atoms with van der Waals surface area (Å²) in [6.45, 7) is 4.36. The predicted molar refractivity (Wildman–Crippen MR) is 98.2 cm³/mol. The van der Waals surface area contributed by atoms with E-state index in [1.54, 1.807) is 0 Å². The maximum Gasteiger partial charge on any atom is 0.416 e. The second kappa shape index (κ2) is 8.43. The molecule has 0 aromatic heterocycles. The Balaban J connectivity index is 0.00000117. The van der Waals surface area contributed by atoms with Gasteiger partial charge in [-0.25, -0.2) is 0 Å².